The number of nitrogens with zero attached hydrogens (tertiary/aromatic N) is 1. The van der Waals surface area contributed by atoms with Crippen molar-refractivity contribution in [1.29, 1.82) is 0 Å². The monoisotopic (exact) mass is 169 g/mol. The van der Waals surface area contributed by atoms with Crippen molar-refractivity contribution in [1.82, 2.24) is 4.98 Å². The smallest absolute Gasteiger partial charge is 0.0647 e. The topological polar surface area (TPSA) is 12.9 Å². The predicted octanol–water partition coefficient (Wildman–Crippen LogP) is 2.94. The van der Waals surface area contributed by atoms with E-state index in [4.69, 9.17) is 11.6 Å². The molecule has 1 heterocycles. The van der Waals surface area contributed by atoms with Crippen LogP contribution in [0.4, 0.5) is 0 Å². The molecule has 1 aromatic rings. The quantitative estimate of drug-likeness (QED) is 0.621. The van der Waals surface area contributed by atoms with E-state index in [2.05, 4.69) is 24.9 Å². The lowest BCUT2D eigenvalue weighted by Gasteiger charge is -2.03. The second kappa shape index (κ2) is 3.72. The van der Waals surface area contributed by atoms with Crippen LogP contribution in [-0.4, -0.2) is 4.98 Å². The van der Waals surface area contributed by atoms with E-state index in [1.165, 1.54) is 5.56 Å². The van der Waals surface area contributed by atoms with Crippen molar-refractivity contribution in [2.75, 3.05) is 0 Å². The molecule has 0 aliphatic carbocycles. The summed E-state index contributed by atoms with van der Waals surface area (Å²) >= 11 is 5.60. The third-order valence-corrected chi connectivity index (χ3v) is 1.93. The summed E-state index contributed by atoms with van der Waals surface area (Å²) in [5.41, 5.74) is 2.20. The molecule has 0 amide bonds. The Bertz CT molecular complexity index is 216. The number of alkyl halides is 1. The third kappa shape index (κ3) is 2.19. The van der Waals surface area contributed by atoms with E-state index in [1.807, 2.05) is 12.3 Å². The Morgan fingerprint density at radius 3 is 2.55 bits per heavy atom. The predicted molar refractivity (Wildman–Crippen MR) is 47.9 cm³/mol. The molecule has 60 valence electrons. The Morgan fingerprint density at radius 2 is 2.18 bits per heavy atom. The van der Waals surface area contributed by atoms with Gasteiger partial charge in [0.25, 0.3) is 0 Å². The first-order valence-corrected chi connectivity index (χ1v) is 4.28. The van der Waals surface area contributed by atoms with Crippen LogP contribution in [0.3, 0.4) is 0 Å². The second-order valence-corrected chi connectivity index (χ2v) is 3.14. The van der Waals surface area contributed by atoms with Gasteiger partial charge in [0.2, 0.25) is 0 Å². The lowest BCUT2D eigenvalue weighted by Crippen LogP contribution is -1.90. The molecule has 0 aromatic carbocycles. The van der Waals surface area contributed by atoms with Crippen LogP contribution in [0.15, 0.2) is 18.3 Å². The molecule has 0 unspecified atom stereocenters. The number of halogens is 1. The van der Waals surface area contributed by atoms with E-state index in [9.17, 15) is 0 Å². The molecule has 2 heteroatoms. The van der Waals surface area contributed by atoms with Crippen molar-refractivity contribution in [3.05, 3.63) is 29.6 Å². The third-order valence-electron chi connectivity index (χ3n) is 1.65. The van der Waals surface area contributed by atoms with Crippen LogP contribution in [0.2, 0.25) is 0 Å². The van der Waals surface area contributed by atoms with Gasteiger partial charge >= 0.3 is 0 Å². The highest BCUT2D eigenvalue weighted by molar-refractivity contribution is 6.16. The minimum atomic E-state index is 0.498. The van der Waals surface area contributed by atoms with Crippen LogP contribution in [0.5, 0.6) is 0 Å². The first-order chi connectivity index (χ1) is 5.24. The van der Waals surface area contributed by atoms with Crippen LogP contribution in [0.1, 0.15) is 31.0 Å². The summed E-state index contributed by atoms with van der Waals surface area (Å²) in [6, 6.07) is 4.05. The molecule has 0 N–H and O–H groups in total. The molecule has 0 bridgehead atoms. The maximum absolute atomic E-state index is 5.60. The lowest BCUT2D eigenvalue weighted by atomic mass is 10.1. The highest BCUT2D eigenvalue weighted by Gasteiger charge is 1.98. The van der Waals surface area contributed by atoms with Crippen LogP contribution in [0.25, 0.3) is 0 Å². The van der Waals surface area contributed by atoms with Crippen molar-refractivity contribution in [2.24, 2.45) is 0 Å². The van der Waals surface area contributed by atoms with Gasteiger partial charge in [-0.3, -0.25) is 4.98 Å². The zero-order chi connectivity index (χ0) is 8.27. The van der Waals surface area contributed by atoms with Gasteiger partial charge in [-0.05, 0) is 17.5 Å². The first-order valence-electron chi connectivity index (χ1n) is 3.75. The highest BCUT2D eigenvalue weighted by atomic mass is 35.5. The summed E-state index contributed by atoms with van der Waals surface area (Å²) in [7, 11) is 0. The zero-order valence-corrected chi connectivity index (χ0v) is 7.60. The summed E-state index contributed by atoms with van der Waals surface area (Å²) < 4.78 is 0. The molecule has 0 aliphatic rings. The molecule has 0 spiro atoms. The van der Waals surface area contributed by atoms with Crippen molar-refractivity contribution in [3.8, 4) is 0 Å². The summed E-state index contributed by atoms with van der Waals surface area (Å²) in [6.45, 7) is 4.30. The van der Waals surface area contributed by atoms with E-state index in [0.29, 0.717) is 11.8 Å². The fourth-order valence-electron chi connectivity index (χ4n) is 0.856. The van der Waals surface area contributed by atoms with E-state index in [1.54, 1.807) is 0 Å². The zero-order valence-electron chi connectivity index (χ0n) is 6.84. The van der Waals surface area contributed by atoms with Crippen LogP contribution >= 0.6 is 11.6 Å². The average molecular weight is 170 g/mol. The molecule has 1 rings (SSSR count). The summed E-state index contributed by atoms with van der Waals surface area (Å²) in [6.07, 6.45) is 1.89. The molecule has 11 heavy (non-hydrogen) atoms. The molecule has 0 fully saturated rings. The Balaban J connectivity index is 2.83. The largest absolute Gasteiger partial charge is 0.260 e. The summed E-state index contributed by atoms with van der Waals surface area (Å²) in [5.74, 6) is 1.05. The summed E-state index contributed by atoms with van der Waals surface area (Å²) in [5, 5.41) is 0. The molecule has 1 nitrogen and oxygen atoms in total. The molecular formula is C9H12ClN. The maximum Gasteiger partial charge on any atom is 0.0647 e. The van der Waals surface area contributed by atoms with Gasteiger partial charge in [-0.15, -0.1) is 11.6 Å². The SMILES string of the molecule is CC(C)c1ccc(CCl)nc1. The Kier molecular flexibility index (Phi) is 2.89. The fraction of sp³-hybridized carbons (Fsp3) is 0.444. The Hall–Kier alpha value is -0.560. The normalized spacial score (nSPS) is 10.5. The molecule has 1 aromatic heterocycles. The number of hydrogen-bond acceptors (Lipinski definition) is 1. The number of rotatable bonds is 2. The van der Waals surface area contributed by atoms with Gasteiger partial charge < -0.3 is 0 Å². The first kappa shape index (κ1) is 8.54. The van der Waals surface area contributed by atoms with Crippen LogP contribution in [0, 0.1) is 0 Å². The van der Waals surface area contributed by atoms with E-state index >= 15 is 0 Å². The van der Waals surface area contributed by atoms with Gasteiger partial charge in [-0.1, -0.05) is 19.9 Å². The molecule has 0 aliphatic heterocycles. The Morgan fingerprint density at radius 1 is 1.45 bits per heavy atom. The minimum absolute atomic E-state index is 0.498. The fourth-order valence-corrected chi connectivity index (χ4v) is 1.01. The second-order valence-electron chi connectivity index (χ2n) is 2.87. The molecule has 0 saturated heterocycles. The van der Waals surface area contributed by atoms with Crippen molar-refractivity contribution >= 4 is 11.6 Å². The van der Waals surface area contributed by atoms with Gasteiger partial charge in [-0.2, -0.15) is 0 Å². The van der Waals surface area contributed by atoms with Crippen molar-refractivity contribution < 1.29 is 0 Å². The van der Waals surface area contributed by atoms with Gasteiger partial charge in [0.1, 0.15) is 0 Å². The lowest BCUT2D eigenvalue weighted by molar-refractivity contribution is 0.855. The van der Waals surface area contributed by atoms with Crippen LogP contribution < -0.4 is 0 Å². The highest BCUT2D eigenvalue weighted by Crippen LogP contribution is 2.12. The van der Waals surface area contributed by atoms with E-state index in [-0.39, 0.29) is 0 Å². The molecule has 0 atom stereocenters. The number of aromatic nitrogens is 1. The van der Waals surface area contributed by atoms with Gasteiger partial charge in [-0.25, -0.2) is 0 Å². The van der Waals surface area contributed by atoms with Gasteiger partial charge in [0.15, 0.2) is 0 Å². The molecular weight excluding hydrogens is 158 g/mol. The number of hydrogen-bond donors (Lipinski definition) is 0. The summed E-state index contributed by atoms with van der Waals surface area (Å²) in [4.78, 5) is 4.19. The van der Waals surface area contributed by atoms with Gasteiger partial charge in [0, 0.05) is 6.20 Å². The Labute approximate surface area is 72.4 Å². The van der Waals surface area contributed by atoms with E-state index in [0.717, 1.165) is 5.69 Å². The van der Waals surface area contributed by atoms with Crippen molar-refractivity contribution in [3.63, 3.8) is 0 Å². The minimum Gasteiger partial charge on any atom is -0.260 e. The maximum atomic E-state index is 5.60. The van der Waals surface area contributed by atoms with Crippen LogP contribution in [-0.2, 0) is 5.88 Å². The van der Waals surface area contributed by atoms with E-state index < -0.39 is 0 Å². The standard InChI is InChI=1S/C9H12ClN/c1-7(2)8-3-4-9(5-10)11-6-8/h3-4,6-7H,5H2,1-2H3. The number of pyridine rings is 1. The molecule has 0 saturated carbocycles. The molecule has 0 radical (unpaired) electrons. The van der Waals surface area contributed by atoms with Crippen molar-refractivity contribution in [2.45, 2.75) is 25.6 Å². The van der Waals surface area contributed by atoms with Gasteiger partial charge in [0.05, 0.1) is 11.6 Å². The average Bonchev–Trinajstić information content (AvgIpc) is 2.05.